The number of aryl methyl sites for hydroxylation is 1. The van der Waals surface area contributed by atoms with Crippen LogP contribution in [0.25, 0.3) is 0 Å². The van der Waals surface area contributed by atoms with Crippen LogP contribution >= 0.6 is 0 Å². The molecule has 0 aromatic carbocycles. The molecule has 1 aliphatic rings. The molecular formula is C15H24N2. The van der Waals surface area contributed by atoms with Crippen molar-refractivity contribution in [3.63, 3.8) is 0 Å². The average Bonchev–Trinajstić information content (AvgIpc) is 2.62. The average molecular weight is 232 g/mol. The van der Waals surface area contributed by atoms with Crippen LogP contribution in [0.2, 0.25) is 0 Å². The molecule has 1 atom stereocenters. The fourth-order valence-corrected chi connectivity index (χ4v) is 3.35. The monoisotopic (exact) mass is 232 g/mol. The lowest BCUT2D eigenvalue weighted by Crippen LogP contribution is -2.21. The Labute approximate surface area is 105 Å². The van der Waals surface area contributed by atoms with Crippen molar-refractivity contribution >= 4 is 0 Å². The topological polar surface area (TPSA) is 24.9 Å². The maximum absolute atomic E-state index is 4.32. The van der Waals surface area contributed by atoms with Gasteiger partial charge in [0.05, 0.1) is 0 Å². The molecule has 0 amide bonds. The highest BCUT2D eigenvalue weighted by Crippen LogP contribution is 2.72. The molecule has 1 aromatic rings. The Bertz CT molecular complexity index is 407. The van der Waals surface area contributed by atoms with E-state index in [1.807, 2.05) is 12.4 Å². The van der Waals surface area contributed by atoms with Crippen LogP contribution < -0.4 is 5.32 Å². The highest BCUT2D eigenvalue weighted by molar-refractivity contribution is 5.27. The van der Waals surface area contributed by atoms with Crippen LogP contribution in [-0.2, 0) is 0 Å². The van der Waals surface area contributed by atoms with Crippen LogP contribution in [0, 0.1) is 23.7 Å². The number of nitrogens with zero attached hydrogens (tertiary/aromatic N) is 1. The number of hydrogen-bond donors (Lipinski definition) is 1. The first kappa shape index (κ1) is 12.6. The summed E-state index contributed by atoms with van der Waals surface area (Å²) in [7, 11) is 2.05. The van der Waals surface area contributed by atoms with E-state index in [4.69, 9.17) is 0 Å². The summed E-state index contributed by atoms with van der Waals surface area (Å²) in [4.78, 5) is 4.32. The first-order chi connectivity index (χ1) is 7.82. The molecule has 1 unspecified atom stereocenters. The van der Waals surface area contributed by atoms with Gasteiger partial charge in [-0.2, -0.15) is 0 Å². The third-order valence-corrected chi connectivity index (χ3v) is 5.03. The molecule has 2 heteroatoms. The van der Waals surface area contributed by atoms with Gasteiger partial charge in [0, 0.05) is 18.4 Å². The van der Waals surface area contributed by atoms with Gasteiger partial charge in [0.15, 0.2) is 0 Å². The molecule has 1 fully saturated rings. The zero-order chi connectivity index (χ0) is 12.8. The van der Waals surface area contributed by atoms with E-state index >= 15 is 0 Å². The summed E-state index contributed by atoms with van der Waals surface area (Å²) in [6, 6.07) is 2.66. The number of rotatable bonds is 3. The number of nitrogens with one attached hydrogen (secondary N) is 1. The lowest BCUT2D eigenvalue weighted by molar-refractivity contribution is 0.437. The number of pyridine rings is 1. The summed E-state index contributed by atoms with van der Waals surface area (Å²) >= 11 is 0. The van der Waals surface area contributed by atoms with Gasteiger partial charge in [0.1, 0.15) is 0 Å². The molecule has 1 aliphatic carbocycles. The Morgan fingerprint density at radius 2 is 1.76 bits per heavy atom. The molecule has 1 aromatic heterocycles. The minimum Gasteiger partial charge on any atom is -0.313 e. The molecule has 1 saturated carbocycles. The van der Waals surface area contributed by atoms with Gasteiger partial charge < -0.3 is 5.32 Å². The SMILES string of the molecule is CNC(c1cncc(C)c1)C1C(C)(C)C1(C)C. The summed E-state index contributed by atoms with van der Waals surface area (Å²) in [6.07, 6.45) is 3.91. The maximum Gasteiger partial charge on any atom is 0.0372 e. The second kappa shape index (κ2) is 3.81. The Morgan fingerprint density at radius 3 is 2.18 bits per heavy atom. The lowest BCUT2D eigenvalue weighted by Gasteiger charge is -2.19. The van der Waals surface area contributed by atoms with Crippen molar-refractivity contribution in [1.29, 1.82) is 0 Å². The zero-order valence-electron chi connectivity index (χ0n) is 11.8. The van der Waals surface area contributed by atoms with Gasteiger partial charge in [0.25, 0.3) is 0 Å². The van der Waals surface area contributed by atoms with E-state index in [0.29, 0.717) is 22.8 Å². The van der Waals surface area contributed by atoms with Gasteiger partial charge in [-0.25, -0.2) is 0 Å². The normalized spacial score (nSPS) is 23.4. The van der Waals surface area contributed by atoms with Crippen LogP contribution in [-0.4, -0.2) is 12.0 Å². The van der Waals surface area contributed by atoms with Gasteiger partial charge >= 0.3 is 0 Å². The predicted octanol–water partition coefficient (Wildman–Crippen LogP) is 3.33. The van der Waals surface area contributed by atoms with E-state index in [1.54, 1.807) is 0 Å². The molecule has 17 heavy (non-hydrogen) atoms. The van der Waals surface area contributed by atoms with Crippen molar-refractivity contribution in [2.24, 2.45) is 16.7 Å². The van der Waals surface area contributed by atoms with Crippen molar-refractivity contribution in [1.82, 2.24) is 10.3 Å². The molecule has 0 radical (unpaired) electrons. The molecule has 94 valence electrons. The fourth-order valence-electron chi connectivity index (χ4n) is 3.35. The smallest absolute Gasteiger partial charge is 0.0372 e. The van der Waals surface area contributed by atoms with Gasteiger partial charge in [-0.3, -0.25) is 4.98 Å². The van der Waals surface area contributed by atoms with Crippen molar-refractivity contribution in [2.45, 2.75) is 40.7 Å². The Kier molecular flexibility index (Phi) is 2.81. The minimum atomic E-state index is 0.393. The second-order valence-electron chi connectivity index (χ2n) is 6.48. The van der Waals surface area contributed by atoms with E-state index in [1.165, 1.54) is 11.1 Å². The Morgan fingerprint density at radius 1 is 1.18 bits per heavy atom. The molecule has 0 aliphatic heterocycles. The molecular weight excluding hydrogens is 208 g/mol. The Balaban J connectivity index is 2.31. The molecule has 0 spiro atoms. The van der Waals surface area contributed by atoms with Gasteiger partial charge in [0.2, 0.25) is 0 Å². The van der Waals surface area contributed by atoms with Crippen LogP contribution in [0.3, 0.4) is 0 Å². The summed E-state index contributed by atoms with van der Waals surface area (Å²) in [6.45, 7) is 11.6. The third kappa shape index (κ3) is 1.79. The highest BCUT2D eigenvalue weighted by Gasteiger charge is 2.67. The lowest BCUT2D eigenvalue weighted by atomic mass is 9.97. The number of aromatic nitrogens is 1. The highest BCUT2D eigenvalue weighted by atomic mass is 14.9. The van der Waals surface area contributed by atoms with Crippen LogP contribution in [0.5, 0.6) is 0 Å². The quantitative estimate of drug-likeness (QED) is 0.864. The molecule has 2 rings (SSSR count). The van der Waals surface area contributed by atoms with Crippen LogP contribution in [0.4, 0.5) is 0 Å². The van der Waals surface area contributed by atoms with E-state index in [0.717, 1.165) is 0 Å². The molecule has 0 saturated heterocycles. The minimum absolute atomic E-state index is 0.393. The summed E-state index contributed by atoms with van der Waals surface area (Å²) in [5.74, 6) is 0.670. The zero-order valence-corrected chi connectivity index (χ0v) is 11.8. The predicted molar refractivity (Wildman–Crippen MR) is 71.8 cm³/mol. The van der Waals surface area contributed by atoms with Crippen molar-refractivity contribution in [2.75, 3.05) is 7.05 Å². The summed E-state index contributed by atoms with van der Waals surface area (Å²) in [5, 5.41) is 3.48. The summed E-state index contributed by atoms with van der Waals surface area (Å²) in [5.41, 5.74) is 3.34. The standard InChI is InChI=1S/C15H24N2/c1-10-7-11(9-17-8-10)12(16-6)13-14(2,3)15(13,4)5/h7-9,12-13,16H,1-6H3. The summed E-state index contributed by atoms with van der Waals surface area (Å²) < 4.78 is 0. The molecule has 1 N–H and O–H groups in total. The van der Waals surface area contributed by atoms with Gasteiger partial charge in [-0.1, -0.05) is 33.8 Å². The Hall–Kier alpha value is -0.890. The van der Waals surface area contributed by atoms with Crippen molar-refractivity contribution in [3.05, 3.63) is 29.6 Å². The number of hydrogen-bond acceptors (Lipinski definition) is 2. The molecule has 1 heterocycles. The van der Waals surface area contributed by atoms with E-state index in [9.17, 15) is 0 Å². The van der Waals surface area contributed by atoms with Crippen molar-refractivity contribution < 1.29 is 0 Å². The first-order valence-electron chi connectivity index (χ1n) is 6.41. The maximum atomic E-state index is 4.32. The fraction of sp³-hybridized carbons (Fsp3) is 0.667. The van der Waals surface area contributed by atoms with Crippen LogP contribution in [0.15, 0.2) is 18.5 Å². The van der Waals surface area contributed by atoms with E-state index in [2.05, 4.69) is 58.0 Å². The van der Waals surface area contributed by atoms with E-state index < -0.39 is 0 Å². The van der Waals surface area contributed by atoms with E-state index in [-0.39, 0.29) is 0 Å². The second-order valence-corrected chi connectivity index (χ2v) is 6.48. The first-order valence-corrected chi connectivity index (χ1v) is 6.41. The van der Waals surface area contributed by atoms with Gasteiger partial charge in [-0.15, -0.1) is 0 Å². The van der Waals surface area contributed by atoms with Crippen LogP contribution in [0.1, 0.15) is 44.9 Å². The van der Waals surface area contributed by atoms with Gasteiger partial charge in [-0.05, 0) is 41.8 Å². The third-order valence-electron chi connectivity index (χ3n) is 5.03. The molecule has 0 bridgehead atoms. The molecule has 2 nitrogen and oxygen atoms in total. The van der Waals surface area contributed by atoms with Crippen molar-refractivity contribution in [3.8, 4) is 0 Å². The largest absolute Gasteiger partial charge is 0.313 e.